The van der Waals surface area contributed by atoms with E-state index in [0.29, 0.717) is 13.1 Å². The number of anilines is 2. The average Bonchev–Trinajstić information content (AvgIpc) is 2.43. The van der Waals surface area contributed by atoms with Gasteiger partial charge in [0.25, 0.3) is 0 Å². The van der Waals surface area contributed by atoms with Crippen LogP contribution in [0.2, 0.25) is 0 Å². The first-order valence-electron chi connectivity index (χ1n) is 6.54. The molecule has 6 heteroatoms. The van der Waals surface area contributed by atoms with E-state index in [2.05, 4.69) is 20.6 Å². The molecule has 0 fully saturated rings. The van der Waals surface area contributed by atoms with Gasteiger partial charge < -0.3 is 15.5 Å². The summed E-state index contributed by atoms with van der Waals surface area (Å²) in [4.78, 5) is 22.4. The highest BCUT2D eigenvalue weighted by Gasteiger charge is 2.14. The van der Waals surface area contributed by atoms with E-state index in [-0.39, 0.29) is 11.8 Å². The summed E-state index contributed by atoms with van der Waals surface area (Å²) in [5.74, 6) is 2.53. The van der Waals surface area contributed by atoms with Crippen LogP contribution in [0.3, 0.4) is 0 Å². The largest absolute Gasteiger partial charge is 0.373 e. The summed E-state index contributed by atoms with van der Waals surface area (Å²) in [6.07, 6.45) is 0. The minimum Gasteiger partial charge on any atom is -0.373 e. The van der Waals surface area contributed by atoms with Crippen molar-refractivity contribution in [2.45, 2.75) is 26.7 Å². The van der Waals surface area contributed by atoms with E-state index in [9.17, 15) is 4.79 Å². The molecule has 106 valence electrons. The van der Waals surface area contributed by atoms with Gasteiger partial charge in [-0.25, -0.2) is 9.97 Å². The molecule has 1 amide bonds. The van der Waals surface area contributed by atoms with Crippen molar-refractivity contribution in [1.29, 1.82) is 0 Å². The maximum absolute atomic E-state index is 11.5. The van der Waals surface area contributed by atoms with E-state index < -0.39 is 0 Å². The number of amides is 1. The Morgan fingerprint density at radius 2 is 2.05 bits per heavy atom. The Bertz CT molecular complexity index is 433. The van der Waals surface area contributed by atoms with Crippen LogP contribution in [0.15, 0.2) is 6.07 Å². The van der Waals surface area contributed by atoms with E-state index in [1.165, 1.54) is 0 Å². The standard InChI is InChI=1S/C13H23N5O/c1-6-18(8-12(19)15-5)11-7-10(14-4)16-13(17-11)9(2)3/h7,9H,6,8H2,1-5H3,(H,15,19)(H,14,16,17). The monoisotopic (exact) mass is 265 g/mol. The third-order valence-electron chi connectivity index (χ3n) is 2.82. The molecule has 0 radical (unpaired) electrons. The van der Waals surface area contributed by atoms with Crippen molar-refractivity contribution < 1.29 is 4.79 Å². The number of carbonyl (C=O) groups is 1. The van der Waals surface area contributed by atoms with Crippen molar-refractivity contribution in [2.75, 3.05) is 37.4 Å². The molecular formula is C13H23N5O. The highest BCUT2D eigenvalue weighted by Crippen LogP contribution is 2.19. The Kier molecular flexibility index (Phi) is 5.54. The molecule has 0 spiro atoms. The first kappa shape index (κ1) is 15.2. The summed E-state index contributed by atoms with van der Waals surface area (Å²) < 4.78 is 0. The van der Waals surface area contributed by atoms with Crippen molar-refractivity contribution in [1.82, 2.24) is 15.3 Å². The minimum atomic E-state index is -0.0300. The number of carbonyl (C=O) groups excluding carboxylic acids is 1. The molecule has 2 N–H and O–H groups in total. The van der Waals surface area contributed by atoms with E-state index in [4.69, 9.17) is 0 Å². The van der Waals surface area contributed by atoms with Crippen LogP contribution in [0.25, 0.3) is 0 Å². The van der Waals surface area contributed by atoms with Crippen molar-refractivity contribution in [3.63, 3.8) is 0 Å². The minimum absolute atomic E-state index is 0.0300. The van der Waals surface area contributed by atoms with Crippen LogP contribution in [0.4, 0.5) is 11.6 Å². The summed E-state index contributed by atoms with van der Waals surface area (Å²) >= 11 is 0. The van der Waals surface area contributed by atoms with Crippen LogP contribution in [0.5, 0.6) is 0 Å². The van der Waals surface area contributed by atoms with Gasteiger partial charge in [0.2, 0.25) is 5.91 Å². The van der Waals surface area contributed by atoms with Crippen molar-refractivity contribution >= 4 is 17.5 Å². The van der Waals surface area contributed by atoms with Gasteiger partial charge in [-0.15, -0.1) is 0 Å². The number of nitrogens with one attached hydrogen (secondary N) is 2. The van der Waals surface area contributed by atoms with Crippen molar-refractivity contribution in [2.24, 2.45) is 0 Å². The summed E-state index contributed by atoms with van der Waals surface area (Å²) in [6, 6.07) is 1.86. The molecule has 1 aromatic rings. The van der Waals surface area contributed by atoms with Gasteiger partial charge in [-0.2, -0.15) is 0 Å². The maximum Gasteiger partial charge on any atom is 0.239 e. The van der Waals surface area contributed by atoms with Crippen LogP contribution in [0.1, 0.15) is 32.5 Å². The van der Waals surface area contributed by atoms with Gasteiger partial charge >= 0.3 is 0 Å². The lowest BCUT2D eigenvalue weighted by Crippen LogP contribution is -2.36. The predicted molar refractivity (Wildman–Crippen MR) is 77.6 cm³/mol. The van der Waals surface area contributed by atoms with Crippen LogP contribution < -0.4 is 15.5 Å². The van der Waals surface area contributed by atoms with E-state index in [1.54, 1.807) is 7.05 Å². The number of nitrogens with zero attached hydrogens (tertiary/aromatic N) is 3. The number of hydrogen-bond acceptors (Lipinski definition) is 5. The summed E-state index contributed by atoms with van der Waals surface area (Å²) in [5, 5.41) is 5.66. The summed E-state index contributed by atoms with van der Waals surface area (Å²) in [7, 11) is 3.46. The van der Waals surface area contributed by atoms with Gasteiger partial charge in [0.1, 0.15) is 17.5 Å². The molecule has 1 rings (SSSR count). The molecule has 0 atom stereocenters. The summed E-state index contributed by atoms with van der Waals surface area (Å²) in [6.45, 7) is 7.11. The predicted octanol–water partition coefficient (Wildman–Crippen LogP) is 1.21. The Morgan fingerprint density at radius 3 is 2.53 bits per heavy atom. The second-order valence-electron chi connectivity index (χ2n) is 4.56. The Hall–Kier alpha value is -1.85. The smallest absolute Gasteiger partial charge is 0.239 e. The zero-order valence-electron chi connectivity index (χ0n) is 12.3. The SMILES string of the molecule is CCN(CC(=O)NC)c1cc(NC)nc(C(C)C)n1. The van der Waals surface area contributed by atoms with Crippen molar-refractivity contribution in [3.8, 4) is 0 Å². The lowest BCUT2D eigenvalue weighted by Gasteiger charge is -2.22. The first-order valence-corrected chi connectivity index (χ1v) is 6.54. The molecule has 0 aliphatic carbocycles. The molecule has 0 aromatic carbocycles. The number of hydrogen-bond donors (Lipinski definition) is 2. The van der Waals surface area contributed by atoms with Crippen LogP contribution in [-0.4, -0.2) is 43.1 Å². The van der Waals surface area contributed by atoms with Gasteiger partial charge in [-0.3, -0.25) is 4.79 Å². The quantitative estimate of drug-likeness (QED) is 0.809. The third kappa shape index (κ3) is 4.08. The lowest BCUT2D eigenvalue weighted by molar-refractivity contribution is -0.119. The zero-order chi connectivity index (χ0) is 14.4. The maximum atomic E-state index is 11.5. The van der Waals surface area contributed by atoms with Gasteiger partial charge in [0, 0.05) is 32.6 Å². The van der Waals surface area contributed by atoms with Crippen LogP contribution >= 0.6 is 0 Å². The van der Waals surface area contributed by atoms with E-state index in [0.717, 1.165) is 17.5 Å². The van der Waals surface area contributed by atoms with Crippen LogP contribution in [-0.2, 0) is 4.79 Å². The number of aromatic nitrogens is 2. The zero-order valence-corrected chi connectivity index (χ0v) is 12.3. The van der Waals surface area contributed by atoms with Gasteiger partial charge in [0.05, 0.1) is 6.54 Å². The fraction of sp³-hybridized carbons (Fsp3) is 0.615. The molecule has 1 heterocycles. The molecule has 6 nitrogen and oxygen atoms in total. The lowest BCUT2D eigenvalue weighted by atomic mass is 10.2. The number of rotatable bonds is 6. The Balaban J connectivity index is 3.08. The second kappa shape index (κ2) is 6.92. The first-order chi connectivity index (χ1) is 9.01. The van der Waals surface area contributed by atoms with E-state index in [1.807, 2.05) is 38.8 Å². The second-order valence-corrected chi connectivity index (χ2v) is 4.56. The molecule has 0 aliphatic rings. The molecular weight excluding hydrogens is 242 g/mol. The van der Waals surface area contributed by atoms with Gasteiger partial charge in [-0.05, 0) is 6.92 Å². The van der Waals surface area contributed by atoms with Crippen molar-refractivity contribution in [3.05, 3.63) is 11.9 Å². The molecule has 0 saturated heterocycles. The normalized spacial score (nSPS) is 10.4. The molecule has 0 aliphatic heterocycles. The molecule has 19 heavy (non-hydrogen) atoms. The fourth-order valence-corrected chi connectivity index (χ4v) is 1.61. The highest BCUT2D eigenvalue weighted by molar-refractivity contribution is 5.80. The van der Waals surface area contributed by atoms with Gasteiger partial charge in [-0.1, -0.05) is 13.8 Å². The molecule has 0 bridgehead atoms. The Morgan fingerprint density at radius 1 is 1.37 bits per heavy atom. The fourth-order valence-electron chi connectivity index (χ4n) is 1.61. The average molecular weight is 265 g/mol. The molecule has 0 saturated carbocycles. The molecule has 0 unspecified atom stereocenters. The van der Waals surface area contributed by atoms with Crippen LogP contribution in [0, 0.1) is 0 Å². The molecule has 1 aromatic heterocycles. The van der Waals surface area contributed by atoms with E-state index >= 15 is 0 Å². The summed E-state index contributed by atoms with van der Waals surface area (Å²) in [5.41, 5.74) is 0. The number of likely N-dealkylation sites (N-methyl/N-ethyl adjacent to an activating group) is 2. The highest BCUT2D eigenvalue weighted by atomic mass is 16.1. The Labute approximate surface area is 114 Å². The third-order valence-corrected chi connectivity index (χ3v) is 2.82. The topological polar surface area (TPSA) is 70.2 Å². The van der Waals surface area contributed by atoms with Gasteiger partial charge in [0.15, 0.2) is 0 Å².